The molecule has 4 heterocycles. The second-order valence-electron chi connectivity index (χ2n) is 8.08. The maximum absolute atomic E-state index is 14.1. The van der Waals surface area contributed by atoms with Gasteiger partial charge in [0.15, 0.2) is 5.13 Å². The molecule has 0 saturated carbocycles. The zero-order valence-corrected chi connectivity index (χ0v) is 23.1. The van der Waals surface area contributed by atoms with Gasteiger partial charge in [-0.3, -0.25) is 14.7 Å². The Hall–Kier alpha value is -1.89. The van der Waals surface area contributed by atoms with Crippen molar-refractivity contribution >= 4 is 81.5 Å². The SMILES string of the molecule is O=C(C1CCCCN1S(=O)(=O)c1ccc(Cl)s1)N(Cc1cccnc1)c1nc2ccc(Br)cc2s1. The Morgan fingerprint density at radius 2 is 2.06 bits per heavy atom. The monoisotopic (exact) mass is 610 g/mol. The third-order valence-corrected chi connectivity index (χ3v) is 10.9. The predicted molar refractivity (Wildman–Crippen MR) is 144 cm³/mol. The average Bonchev–Trinajstić information content (AvgIpc) is 3.49. The van der Waals surface area contributed by atoms with Gasteiger partial charge in [0, 0.05) is 23.4 Å². The average molecular weight is 612 g/mol. The van der Waals surface area contributed by atoms with Gasteiger partial charge in [-0.25, -0.2) is 13.4 Å². The lowest BCUT2D eigenvalue weighted by Gasteiger charge is -2.35. The number of thiazole rings is 1. The Labute approximate surface area is 224 Å². The number of carbonyl (C=O) groups excluding carboxylic acids is 1. The van der Waals surface area contributed by atoms with Gasteiger partial charge in [-0.15, -0.1) is 11.3 Å². The van der Waals surface area contributed by atoms with E-state index in [1.807, 2.05) is 30.3 Å². The molecule has 5 rings (SSSR count). The molecule has 1 amide bonds. The zero-order valence-electron chi connectivity index (χ0n) is 18.3. The van der Waals surface area contributed by atoms with Crippen LogP contribution in [0.4, 0.5) is 5.13 Å². The molecule has 1 aromatic carbocycles. The van der Waals surface area contributed by atoms with E-state index in [2.05, 4.69) is 20.9 Å². The van der Waals surface area contributed by atoms with E-state index < -0.39 is 16.1 Å². The minimum Gasteiger partial charge on any atom is -0.282 e. The van der Waals surface area contributed by atoms with E-state index in [9.17, 15) is 13.2 Å². The molecule has 182 valence electrons. The first kappa shape index (κ1) is 24.8. The van der Waals surface area contributed by atoms with E-state index in [4.69, 9.17) is 16.6 Å². The van der Waals surface area contributed by atoms with Crippen LogP contribution < -0.4 is 4.90 Å². The molecule has 1 saturated heterocycles. The van der Waals surface area contributed by atoms with Gasteiger partial charge in [0.2, 0.25) is 5.91 Å². The van der Waals surface area contributed by atoms with Gasteiger partial charge >= 0.3 is 0 Å². The highest BCUT2D eigenvalue weighted by Gasteiger charge is 2.41. The highest BCUT2D eigenvalue weighted by Crippen LogP contribution is 2.35. The number of thiophene rings is 1. The van der Waals surface area contributed by atoms with Crippen molar-refractivity contribution < 1.29 is 13.2 Å². The molecule has 0 spiro atoms. The number of halogens is 2. The summed E-state index contributed by atoms with van der Waals surface area (Å²) in [5, 5.41) is 0.522. The van der Waals surface area contributed by atoms with E-state index in [0.717, 1.165) is 38.0 Å². The van der Waals surface area contributed by atoms with E-state index in [1.165, 1.54) is 21.7 Å². The largest absolute Gasteiger partial charge is 0.282 e. The first-order valence-electron chi connectivity index (χ1n) is 10.9. The molecule has 4 aromatic rings. The Kier molecular flexibility index (Phi) is 7.25. The number of pyridine rings is 1. The molecule has 1 fully saturated rings. The minimum atomic E-state index is -3.87. The topological polar surface area (TPSA) is 83.5 Å². The molecule has 1 unspecified atom stereocenters. The molecule has 0 aliphatic carbocycles. The molecule has 35 heavy (non-hydrogen) atoms. The van der Waals surface area contributed by atoms with Crippen molar-refractivity contribution in [3.63, 3.8) is 0 Å². The smallest absolute Gasteiger partial charge is 0.253 e. The summed E-state index contributed by atoms with van der Waals surface area (Å²) in [5.41, 5.74) is 1.61. The summed E-state index contributed by atoms with van der Waals surface area (Å²) in [7, 11) is -3.87. The number of nitrogens with zero attached hydrogens (tertiary/aromatic N) is 4. The Balaban J connectivity index is 1.54. The van der Waals surface area contributed by atoms with Crippen molar-refractivity contribution in [2.75, 3.05) is 11.4 Å². The Morgan fingerprint density at radius 1 is 1.20 bits per heavy atom. The summed E-state index contributed by atoms with van der Waals surface area (Å²) in [4.78, 5) is 24.6. The maximum Gasteiger partial charge on any atom is 0.253 e. The number of hydrogen-bond acceptors (Lipinski definition) is 7. The quantitative estimate of drug-likeness (QED) is 0.269. The highest BCUT2D eigenvalue weighted by atomic mass is 79.9. The molecule has 0 N–H and O–H groups in total. The first-order chi connectivity index (χ1) is 16.8. The molecule has 7 nitrogen and oxygen atoms in total. The number of carbonyl (C=O) groups is 1. The van der Waals surface area contributed by atoms with Gasteiger partial charge in [-0.1, -0.05) is 51.4 Å². The van der Waals surface area contributed by atoms with Crippen LogP contribution in [0.5, 0.6) is 0 Å². The predicted octanol–water partition coefficient (Wildman–Crippen LogP) is 5.95. The molecule has 12 heteroatoms. The zero-order chi connectivity index (χ0) is 24.6. The second kappa shape index (κ2) is 10.2. The van der Waals surface area contributed by atoms with Crippen LogP contribution in [-0.2, 0) is 21.4 Å². The third kappa shape index (κ3) is 5.16. The van der Waals surface area contributed by atoms with E-state index in [-0.39, 0.29) is 23.2 Å². The normalized spacial score (nSPS) is 17.0. The number of anilines is 1. The number of hydrogen-bond donors (Lipinski definition) is 0. The lowest BCUT2D eigenvalue weighted by Crippen LogP contribution is -2.52. The summed E-state index contributed by atoms with van der Waals surface area (Å²) in [5.74, 6) is -0.294. The van der Waals surface area contributed by atoms with Crippen molar-refractivity contribution in [2.24, 2.45) is 0 Å². The van der Waals surface area contributed by atoms with Crippen LogP contribution in [0.2, 0.25) is 4.34 Å². The number of piperidine rings is 1. The van der Waals surface area contributed by atoms with Crippen molar-refractivity contribution in [3.8, 4) is 0 Å². The molecule has 0 radical (unpaired) electrons. The molecular formula is C23H20BrClN4O3S3. The van der Waals surface area contributed by atoms with Gasteiger partial charge in [0.05, 0.1) is 21.1 Å². The van der Waals surface area contributed by atoms with Gasteiger partial charge in [0.25, 0.3) is 10.0 Å². The van der Waals surface area contributed by atoms with Gasteiger partial charge < -0.3 is 0 Å². The second-order valence-corrected chi connectivity index (χ2v) is 13.8. The maximum atomic E-state index is 14.1. The Bertz CT molecular complexity index is 1480. The molecule has 1 aliphatic rings. The van der Waals surface area contributed by atoms with Crippen LogP contribution in [0.1, 0.15) is 24.8 Å². The van der Waals surface area contributed by atoms with Crippen LogP contribution in [0.3, 0.4) is 0 Å². The summed E-state index contributed by atoms with van der Waals surface area (Å²) in [6.07, 6.45) is 5.28. The molecular weight excluding hydrogens is 592 g/mol. The van der Waals surface area contributed by atoms with Crippen molar-refractivity contribution in [3.05, 3.63) is 69.2 Å². The van der Waals surface area contributed by atoms with Gasteiger partial charge in [0.1, 0.15) is 10.3 Å². The number of fused-ring (bicyclic) bond motifs is 1. The summed E-state index contributed by atoms with van der Waals surface area (Å²) in [6, 6.07) is 11.7. The number of benzene rings is 1. The van der Waals surface area contributed by atoms with E-state index in [1.54, 1.807) is 23.4 Å². The highest BCUT2D eigenvalue weighted by molar-refractivity contribution is 9.10. The molecule has 1 aliphatic heterocycles. The van der Waals surface area contributed by atoms with Gasteiger partial charge in [-0.2, -0.15) is 4.31 Å². The lowest BCUT2D eigenvalue weighted by atomic mass is 10.0. The van der Waals surface area contributed by atoms with Gasteiger partial charge in [-0.05, 0) is 54.8 Å². The third-order valence-electron chi connectivity index (χ3n) is 5.75. The van der Waals surface area contributed by atoms with Crippen LogP contribution >= 0.6 is 50.2 Å². The number of amides is 1. The fourth-order valence-corrected chi connectivity index (χ4v) is 8.87. The first-order valence-corrected chi connectivity index (χ1v) is 15.1. The lowest BCUT2D eigenvalue weighted by molar-refractivity contribution is -0.123. The van der Waals surface area contributed by atoms with Crippen molar-refractivity contribution in [1.82, 2.24) is 14.3 Å². The number of aromatic nitrogens is 2. The van der Waals surface area contributed by atoms with Crippen LogP contribution in [0.15, 0.2) is 63.5 Å². The summed E-state index contributed by atoms with van der Waals surface area (Å²) in [6.45, 7) is 0.519. The molecule has 1 atom stereocenters. The van der Waals surface area contributed by atoms with Crippen LogP contribution in [0, 0.1) is 0 Å². The fourth-order valence-electron chi connectivity index (χ4n) is 4.09. The van der Waals surface area contributed by atoms with Crippen LogP contribution in [-0.4, -0.2) is 41.2 Å². The van der Waals surface area contributed by atoms with E-state index >= 15 is 0 Å². The standard InChI is InChI=1S/C23H20BrClN4O3S3/c24-16-6-7-17-19(12-16)33-23(27-17)28(14-15-4-3-10-26-13-15)22(30)18-5-1-2-11-29(18)35(31,32)21-9-8-20(25)34-21/h3-4,6-10,12-13,18H,1-2,5,11,14H2. The minimum absolute atomic E-state index is 0.144. The van der Waals surface area contributed by atoms with E-state index in [0.29, 0.717) is 22.3 Å². The Morgan fingerprint density at radius 3 is 2.80 bits per heavy atom. The summed E-state index contributed by atoms with van der Waals surface area (Å²) < 4.78 is 30.7. The van der Waals surface area contributed by atoms with Crippen LogP contribution in [0.25, 0.3) is 10.2 Å². The molecule has 3 aromatic heterocycles. The van der Waals surface area contributed by atoms with Crippen molar-refractivity contribution in [2.45, 2.75) is 36.1 Å². The number of sulfonamides is 1. The van der Waals surface area contributed by atoms with Crippen molar-refractivity contribution in [1.29, 1.82) is 0 Å². The summed E-state index contributed by atoms with van der Waals surface area (Å²) >= 11 is 11.9. The molecule has 0 bridgehead atoms. The fraction of sp³-hybridized carbons (Fsp3) is 0.261. The number of rotatable bonds is 6.